The molecule has 1 heterocycles. The molecule has 0 radical (unpaired) electrons. The van der Waals surface area contributed by atoms with Gasteiger partial charge in [0.1, 0.15) is 18.7 Å². The molecule has 0 spiro atoms. The quantitative estimate of drug-likeness (QED) is 0.691. The molecule has 0 aliphatic rings. The molecule has 3 rings (SSSR count). The summed E-state index contributed by atoms with van der Waals surface area (Å²) in [5.41, 5.74) is 1.79. The summed E-state index contributed by atoms with van der Waals surface area (Å²) < 4.78 is 28.8. The lowest BCUT2D eigenvalue weighted by molar-refractivity contribution is 0.398. The minimum atomic E-state index is -3.80. The number of hydrogen-bond acceptors (Lipinski definition) is 5. The zero-order valence-corrected chi connectivity index (χ0v) is 15.1. The first-order valence-electron chi connectivity index (χ1n) is 7.87. The van der Waals surface area contributed by atoms with Crippen molar-refractivity contribution < 1.29 is 8.42 Å². The number of rotatable bonds is 5. The predicted molar refractivity (Wildman–Crippen MR) is 95.9 cm³/mol. The average Bonchev–Trinajstić information content (AvgIpc) is 3.21. The van der Waals surface area contributed by atoms with Gasteiger partial charge in [0.15, 0.2) is 0 Å². The number of sulfonamides is 1. The Hall–Kier alpha value is -3.02. The molecule has 0 amide bonds. The maximum Gasteiger partial charge on any atom is 0.244 e. The molecule has 0 bridgehead atoms. The highest BCUT2D eigenvalue weighted by molar-refractivity contribution is 7.89. The van der Waals surface area contributed by atoms with Gasteiger partial charge < -0.3 is 0 Å². The summed E-state index contributed by atoms with van der Waals surface area (Å²) in [7, 11) is -2.29. The van der Waals surface area contributed by atoms with Gasteiger partial charge in [-0.15, -0.1) is 0 Å². The summed E-state index contributed by atoms with van der Waals surface area (Å²) in [6, 6.07) is 15.1. The summed E-state index contributed by atoms with van der Waals surface area (Å²) in [5.74, 6) is 0. The van der Waals surface area contributed by atoms with Crippen LogP contribution in [0.1, 0.15) is 24.1 Å². The number of nitriles is 1. The first-order valence-corrected chi connectivity index (χ1v) is 9.31. The van der Waals surface area contributed by atoms with E-state index >= 15 is 0 Å². The third kappa shape index (κ3) is 3.22. The van der Waals surface area contributed by atoms with E-state index in [9.17, 15) is 13.7 Å². The van der Waals surface area contributed by atoms with Crippen molar-refractivity contribution in [2.75, 3.05) is 7.05 Å². The molecule has 1 aromatic heterocycles. The Morgan fingerprint density at radius 2 is 1.85 bits per heavy atom. The third-order valence-corrected chi connectivity index (χ3v) is 6.26. The molecule has 3 aromatic rings. The molecule has 7 nitrogen and oxygen atoms in total. The number of nitrogens with zero attached hydrogens (tertiary/aromatic N) is 5. The second kappa shape index (κ2) is 7.07. The summed E-state index contributed by atoms with van der Waals surface area (Å²) in [6.45, 7) is 1.80. The second-order valence-electron chi connectivity index (χ2n) is 5.74. The van der Waals surface area contributed by atoms with Gasteiger partial charge >= 0.3 is 0 Å². The fourth-order valence-electron chi connectivity index (χ4n) is 2.60. The van der Waals surface area contributed by atoms with Crippen LogP contribution in [0.25, 0.3) is 5.69 Å². The summed E-state index contributed by atoms with van der Waals surface area (Å²) >= 11 is 0. The highest BCUT2D eigenvalue weighted by atomic mass is 32.2. The van der Waals surface area contributed by atoms with E-state index < -0.39 is 16.1 Å². The zero-order chi connectivity index (χ0) is 18.7. The van der Waals surface area contributed by atoms with Crippen molar-refractivity contribution in [2.24, 2.45) is 0 Å². The van der Waals surface area contributed by atoms with Crippen molar-refractivity contribution in [3.05, 3.63) is 72.3 Å². The number of hydrogen-bond donors (Lipinski definition) is 0. The van der Waals surface area contributed by atoms with Gasteiger partial charge in [-0.05, 0) is 36.8 Å². The lowest BCUT2D eigenvalue weighted by Gasteiger charge is -2.25. The Morgan fingerprint density at radius 3 is 2.46 bits per heavy atom. The van der Waals surface area contributed by atoms with Crippen LogP contribution < -0.4 is 0 Å². The SMILES string of the molecule is CC(c1ccc(-n2cncn2)cc1)N(C)S(=O)(=O)c1ccccc1C#N. The Labute approximate surface area is 152 Å². The van der Waals surface area contributed by atoms with Crippen molar-refractivity contribution in [3.8, 4) is 11.8 Å². The third-order valence-electron chi connectivity index (χ3n) is 4.27. The summed E-state index contributed by atoms with van der Waals surface area (Å²) in [5, 5.41) is 13.3. The Morgan fingerprint density at radius 1 is 1.15 bits per heavy atom. The van der Waals surface area contributed by atoms with Gasteiger partial charge in [0.05, 0.1) is 16.1 Å². The predicted octanol–water partition coefficient (Wildman–Crippen LogP) is 2.52. The van der Waals surface area contributed by atoms with Crippen LogP contribution in [0.5, 0.6) is 0 Å². The monoisotopic (exact) mass is 367 g/mol. The van der Waals surface area contributed by atoms with Gasteiger partial charge in [0.2, 0.25) is 10.0 Å². The lowest BCUT2D eigenvalue weighted by atomic mass is 10.1. The normalized spacial score (nSPS) is 12.7. The van der Waals surface area contributed by atoms with E-state index in [4.69, 9.17) is 0 Å². The fraction of sp³-hybridized carbons (Fsp3) is 0.167. The van der Waals surface area contributed by atoms with Gasteiger partial charge in [-0.3, -0.25) is 0 Å². The molecule has 1 atom stereocenters. The molecule has 0 saturated carbocycles. The highest BCUT2D eigenvalue weighted by Crippen LogP contribution is 2.27. The minimum Gasteiger partial charge on any atom is -0.223 e. The largest absolute Gasteiger partial charge is 0.244 e. The van der Waals surface area contributed by atoms with Crippen LogP contribution in [0.15, 0.2) is 66.1 Å². The van der Waals surface area contributed by atoms with E-state index in [1.165, 1.54) is 29.8 Å². The van der Waals surface area contributed by atoms with Crippen LogP contribution >= 0.6 is 0 Å². The van der Waals surface area contributed by atoms with Gasteiger partial charge in [0.25, 0.3) is 0 Å². The maximum absolute atomic E-state index is 12.9. The fourth-order valence-corrected chi connectivity index (χ4v) is 4.09. The van der Waals surface area contributed by atoms with Crippen molar-refractivity contribution in [1.29, 1.82) is 5.26 Å². The van der Waals surface area contributed by atoms with Gasteiger partial charge in [0, 0.05) is 13.1 Å². The van der Waals surface area contributed by atoms with Crippen molar-refractivity contribution in [3.63, 3.8) is 0 Å². The van der Waals surface area contributed by atoms with E-state index in [-0.39, 0.29) is 10.5 Å². The Balaban J connectivity index is 1.89. The molecular weight excluding hydrogens is 350 g/mol. The number of aromatic nitrogens is 3. The van der Waals surface area contributed by atoms with E-state index in [2.05, 4.69) is 10.1 Å². The van der Waals surface area contributed by atoms with E-state index in [1.807, 2.05) is 30.3 Å². The van der Waals surface area contributed by atoms with Crippen LogP contribution in [0.4, 0.5) is 0 Å². The van der Waals surface area contributed by atoms with Crippen molar-refractivity contribution in [1.82, 2.24) is 19.1 Å². The molecule has 2 aromatic carbocycles. The van der Waals surface area contributed by atoms with Crippen LogP contribution in [0.3, 0.4) is 0 Å². The molecule has 26 heavy (non-hydrogen) atoms. The van der Waals surface area contributed by atoms with Crippen LogP contribution in [0.2, 0.25) is 0 Å². The second-order valence-corrected chi connectivity index (χ2v) is 7.70. The first-order chi connectivity index (χ1) is 12.4. The van der Waals surface area contributed by atoms with Gasteiger partial charge in [-0.1, -0.05) is 24.3 Å². The zero-order valence-electron chi connectivity index (χ0n) is 14.3. The molecule has 0 aliphatic heterocycles. The number of benzene rings is 2. The smallest absolute Gasteiger partial charge is 0.223 e. The molecule has 132 valence electrons. The van der Waals surface area contributed by atoms with E-state index in [0.717, 1.165) is 11.3 Å². The average molecular weight is 367 g/mol. The maximum atomic E-state index is 12.9. The molecule has 0 fully saturated rings. The summed E-state index contributed by atoms with van der Waals surface area (Å²) in [6.07, 6.45) is 3.04. The molecule has 8 heteroatoms. The Kier molecular flexibility index (Phi) is 4.84. The Bertz CT molecular complexity index is 1040. The summed E-state index contributed by atoms with van der Waals surface area (Å²) in [4.78, 5) is 3.91. The molecule has 0 aliphatic carbocycles. The standard InChI is InChI=1S/C18H17N5O2S/c1-14(15-7-9-17(10-8-15)23-13-20-12-21-23)22(2)26(24,25)18-6-4-3-5-16(18)11-19/h3-10,12-14H,1-2H3. The van der Waals surface area contributed by atoms with Gasteiger partial charge in [-0.25, -0.2) is 18.1 Å². The van der Waals surface area contributed by atoms with Crippen LogP contribution in [-0.4, -0.2) is 34.5 Å². The van der Waals surface area contributed by atoms with Crippen LogP contribution in [-0.2, 0) is 10.0 Å². The molecule has 0 N–H and O–H groups in total. The topological polar surface area (TPSA) is 91.9 Å². The van der Waals surface area contributed by atoms with Crippen molar-refractivity contribution in [2.45, 2.75) is 17.9 Å². The van der Waals surface area contributed by atoms with E-state index in [1.54, 1.807) is 30.1 Å². The van der Waals surface area contributed by atoms with Gasteiger partial charge in [-0.2, -0.15) is 14.7 Å². The molecule has 0 saturated heterocycles. The van der Waals surface area contributed by atoms with E-state index in [0.29, 0.717) is 0 Å². The van der Waals surface area contributed by atoms with Crippen LogP contribution in [0, 0.1) is 11.3 Å². The first kappa shape index (κ1) is 17.8. The lowest BCUT2D eigenvalue weighted by Crippen LogP contribution is -2.30. The van der Waals surface area contributed by atoms with Crippen molar-refractivity contribution >= 4 is 10.0 Å². The minimum absolute atomic E-state index is 0.0103. The highest BCUT2D eigenvalue weighted by Gasteiger charge is 2.28. The molecule has 1 unspecified atom stereocenters. The molecular formula is C18H17N5O2S.